The summed E-state index contributed by atoms with van der Waals surface area (Å²) in [4.78, 5) is 37.2. The van der Waals surface area contributed by atoms with Gasteiger partial charge >= 0.3 is 0 Å². The van der Waals surface area contributed by atoms with Crippen LogP contribution in [0.3, 0.4) is 0 Å². The van der Waals surface area contributed by atoms with Crippen LogP contribution in [-0.4, -0.2) is 52.8 Å². The molecule has 242 valence electrons. The summed E-state index contributed by atoms with van der Waals surface area (Å²) in [6.45, 7) is 3.76. The van der Waals surface area contributed by atoms with Crippen LogP contribution in [-0.2, 0) is 29.1 Å². The van der Waals surface area contributed by atoms with E-state index in [0.29, 0.717) is 30.6 Å². The molecule has 1 aromatic heterocycles. The first-order chi connectivity index (χ1) is 23.5. The van der Waals surface area contributed by atoms with Crippen LogP contribution in [0.2, 0.25) is 0 Å². The van der Waals surface area contributed by atoms with Crippen molar-refractivity contribution in [2.24, 2.45) is 5.92 Å². The number of rotatable bonds is 11. The van der Waals surface area contributed by atoms with Gasteiger partial charge in [-0.05, 0) is 59.0 Å². The van der Waals surface area contributed by atoms with E-state index in [1.807, 2.05) is 95.9 Å². The maximum absolute atomic E-state index is 14.4. The summed E-state index contributed by atoms with van der Waals surface area (Å²) in [7, 11) is 0. The molecule has 5 aromatic rings. The van der Waals surface area contributed by atoms with E-state index in [2.05, 4.69) is 27.3 Å². The molecule has 2 heterocycles. The molecule has 0 bridgehead atoms. The third kappa shape index (κ3) is 8.69. The summed E-state index contributed by atoms with van der Waals surface area (Å²) in [5, 5.41) is 3.07. The molecule has 0 aliphatic carbocycles. The number of carbonyl (C=O) groups excluding carboxylic acids is 2. The highest BCUT2D eigenvalue weighted by molar-refractivity contribution is 6.04. The molecule has 1 N–H and O–H groups in total. The molecule has 6 rings (SSSR count). The van der Waals surface area contributed by atoms with Gasteiger partial charge in [0.1, 0.15) is 5.82 Å². The minimum absolute atomic E-state index is 0.0820. The van der Waals surface area contributed by atoms with Crippen LogP contribution in [0.5, 0.6) is 0 Å². The Balaban J connectivity index is 1.23. The third-order valence-electron chi connectivity index (χ3n) is 8.71. The predicted octanol–water partition coefficient (Wildman–Crippen LogP) is 6.79. The SMILES string of the molecule is O=C(NCc1ccc(-c2ccccn2)cc1)C(=Cc1ccc(F)cc1)[C@H](Cc1ccccc1)C(=O)N1CCN(Cc2ccccc2)CC1. The lowest BCUT2D eigenvalue weighted by Crippen LogP contribution is -2.51. The van der Waals surface area contributed by atoms with E-state index >= 15 is 0 Å². The number of benzene rings is 4. The lowest BCUT2D eigenvalue weighted by Gasteiger charge is -2.37. The number of nitrogens with one attached hydrogen (secondary N) is 1. The molecule has 4 aromatic carbocycles. The summed E-state index contributed by atoms with van der Waals surface area (Å²) in [5.74, 6) is -1.51. The Morgan fingerprint density at radius 3 is 2.02 bits per heavy atom. The zero-order valence-corrected chi connectivity index (χ0v) is 26.8. The molecule has 0 radical (unpaired) electrons. The van der Waals surface area contributed by atoms with Crippen molar-refractivity contribution in [3.8, 4) is 11.3 Å². The van der Waals surface area contributed by atoms with Gasteiger partial charge in [-0.3, -0.25) is 19.5 Å². The van der Waals surface area contributed by atoms with Crippen LogP contribution in [0.4, 0.5) is 4.39 Å². The van der Waals surface area contributed by atoms with Gasteiger partial charge in [0.2, 0.25) is 11.8 Å². The van der Waals surface area contributed by atoms with Gasteiger partial charge in [0.15, 0.2) is 0 Å². The first-order valence-corrected chi connectivity index (χ1v) is 16.4. The van der Waals surface area contributed by atoms with E-state index in [9.17, 15) is 14.0 Å². The monoisotopic (exact) mass is 638 g/mol. The van der Waals surface area contributed by atoms with Gasteiger partial charge in [0, 0.05) is 56.6 Å². The Bertz CT molecular complexity index is 1800. The van der Waals surface area contributed by atoms with Crippen molar-refractivity contribution in [2.75, 3.05) is 26.2 Å². The van der Waals surface area contributed by atoms with Crippen LogP contribution < -0.4 is 5.32 Å². The fourth-order valence-corrected chi connectivity index (χ4v) is 6.04. The molecule has 0 unspecified atom stereocenters. The number of aromatic nitrogens is 1. The van der Waals surface area contributed by atoms with Crippen LogP contribution >= 0.6 is 0 Å². The van der Waals surface area contributed by atoms with E-state index in [4.69, 9.17) is 0 Å². The quantitative estimate of drug-likeness (QED) is 0.162. The third-order valence-corrected chi connectivity index (χ3v) is 8.71. The fourth-order valence-electron chi connectivity index (χ4n) is 6.04. The van der Waals surface area contributed by atoms with Crippen LogP contribution in [0.25, 0.3) is 17.3 Å². The minimum Gasteiger partial charge on any atom is -0.348 e. The molecule has 1 atom stereocenters. The zero-order valence-electron chi connectivity index (χ0n) is 26.8. The average molecular weight is 639 g/mol. The lowest BCUT2D eigenvalue weighted by atomic mass is 9.88. The number of hydrogen-bond donors (Lipinski definition) is 1. The first-order valence-electron chi connectivity index (χ1n) is 16.4. The second kappa shape index (κ2) is 15.9. The summed E-state index contributed by atoms with van der Waals surface area (Å²) in [5.41, 5.74) is 5.99. The Labute approximate surface area is 281 Å². The highest BCUT2D eigenvalue weighted by Crippen LogP contribution is 2.25. The van der Waals surface area contributed by atoms with E-state index in [0.717, 1.165) is 42.0 Å². The summed E-state index contributed by atoms with van der Waals surface area (Å²) >= 11 is 0. The fraction of sp³-hybridized carbons (Fsp3) is 0.195. The van der Waals surface area contributed by atoms with Crippen molar-refractivity contribution in [3.63, 3.8) is 0 Å². The van der Waals surface area contributed by atoms with Gasteiger partial charge in [-0.15, -0.1) is 0 Å². The molecule has 2 amide bonds. The van der Waals surface area contributed by atoms with Gasteiger partial charge in [0.25, 0.3) is 0 Å². The van der Waals surface area contributed by atoms with Crippen molar-refractivity contribution < 1.29 is 14.0 Å². The van der Waals surface area contributed by atoms with Crippen molar-refractivity contribution in [3.05, 3.63) is 167 Å². The highest BCUT2D eigenvalue weighted by Gasteiger charge is 2.33. The summed E-state index contributed by atoms with van der Waals surface area (Å²) < 4.78 is 13.8. The van der Waals surface area contributed by atoms with Gasteiger partial charge in [-0.2, -0.15) is 0 Å². The minimum atomic E-state index is -0.732. The number of halogens is 1. The molecule has 48 heavy (non-hydrogen) atoms. The van der Waals surface area contributed by atoms with E-state index in [1.54, 1.807) is 24.4 Å². The standard InChI is InChI=1S/C41H39FN4O2/c42-36-20-16-32(17-21-36)27-37(40(47)44-29-33-14-18-35(19-15-33)39-13-7-8-22-43-39)38(28-31-9-3-1-4-10-31)41(48)46-25-23-45(24-26-46)30-34-11-5-2-6-12-34/h1-22,27,38H,23-26,28-30H2,(H,44,47)/t38-/m0/s1. The largest absolute Gasteiger partial charge is 0.348 e. The van der Waals surface area contributed by atoms with Crippen molar-refractivity contribution in [1.29, 1.82) is 0 Å². The maximum Gasteiger partial charge on any atom is 0.248 e. The molecule has 0 saturated carbocycles. The van der Waals surface area contributed by atoms with E-state index in [1.165, 1.54) is 17.7 Å². The zero-order chi connectivity index (χ0) is 33.1. The Morgan fingerprint density at radius 2 is 1.38 bits per heavy atom. The summed E-state index contributed by atoms with van der Waals surface area (Å²) in [6, 6.07) is 39.8. The first kappa shape index (κ1) is 32.5. The normalized spacial score (nSPS) is 14.4. The topological polar surface area (TPSA) is 65.5 Å². The molecular formula is C41H39FN4O2. The smallest absolute Gasteiger partial charge is 0.248 e. The number of carbonyl (C=O) groups is 2. The lowest BCUT2D eigenvalue weighted by molar-refractivity contribution is -0.137. The second-order valence-electron chi connectivity index (χ2n) is 12.1. The van der Waals surface area contributed by atoms with Crippen LogP contribution in [0.15, 0.2) is 139 Å². The Morgan fingerprint density at radius 1 is 0.729 bits per heavy atom. The number of pyridine rings is 1. The van der Waals surface area contributed by atoms with Crippen molar-refractivity contribution in [1.82, 2.24) is 20.1 Å². The number of nitrogens with zero attached hydrogens (tertiary/aromatic N) is 3. The van der Waals surface area contributed by atoms with E-state index in [-0.39, 0.29) is 24.2 Å². The molecular weight excluding hydrogens is 599 g/mol. The molecule has 1 aliphatic heterocycles. The van der Waals surface area contributed by atoms with Crippen LogP contribution in [0.1, 0.15) is 22.3 Å². The van der Waals surface area contributed by atoms with Gasteiger partial charge in [-0.1, -0.05) is 103 Å². The molecule has 1 fully saturated rings. The number of amides is 2. The number of hydrogen-bond acceptors (Lipinski definition) is 4. The van der Waals surface area contributed by atoms with Crippen molar-refractivity contribution in [2.45, 2.75) is 19.5 Å². The number of piperazine rings is 1. The maximum atomic E-state index is 14.4. The van der Waals surface area contributed by atoms with Gasteiger partial charge in [0.05, 0.1) is 11.6 Å². The molecule has 0 spiro atoms. The Kier molecular flexibility index (Phi) is 10.8. The van der Waals surface area contributed by atoms with Gasteiger partial charge in [-0.25, -0.2) is 4.39 Å². The molecule has 1 saturated heterocycles. The predicted molar refractivity (Wildman–Crippen MR) is 188 cm³/mol. The second-order valence-corrected chi connectivity index (χ2v) is 12.1. The highest BCUT2D eigenvalue weighted by atomic mass is 19.1. The van der Waals surface area contributed by atoms with Gasteiger partial charge < -0.3 is 10.2 Å². The van der Waals surface area contributed by atoms with E-state index < -0.39 is 5.92 Å². The van der Waals surface area contributed by atoms with Crippen molar-refractivity contribution >= 4 is 17.9 Å². The average Bonchev–Trinajstić information content (AvgIpc) is 3.14. The van der Waals surface area contributed by atoms with Crippen LogP contribution in [0, 0.1) is 11.7 Å². The molecule has 1 aliphatic rings. The Hall–Kier alpha value is -5.40. The molecule has 6 nitrogen and oxygen atoms in total. The molecule has 7 heteroatoms. The summed E-state index contributed by atoms with van der Waals surface area (Å²) in [6.07, 6.45) is 3.86.